The van der Waals surface area contributed by atoms with Crippen molar-refractivity contribution in [2.45, 2.75) is 18.0 Å². The highest BCUT2D eigenvalue weighted by molar-refractivity contribution is 8.00. The summed E-state index contributed by atoms with van der Waals surface area (Å²) in [5.74, 6) is 0.800. The molecular weight excluding hydrogens is 485 g/mol. The van der Waals surface area contributed by atoms with Crippen molar-refractivity contribution in [2.24, 2.45) is 0 Å². The maximum atomic E-state index is 13.8. The molecule has 2 aromatic carbocycles. The third kappa shape index (κ3) is 7.41. The van der Waals surface area contributed by atoms with Gasteiger partial charge in [-0.25, -0.2) is 4.39 Å². The van der Waals surface area contributed by atoms with Crippen LogP contribution in [0.4, 0.5) is 10.2 Å². The lowest BCUT2D eigenvalue weighted by Crippen LogP contribution is -2.04. The molecule has 0 radical (unpaired) electrons. The van der Waals surface area contributed by atoms with Gasteiger partial charge in [-0.2, -0.15) is 5.10 Å². The van der Waals surface area contributed by atoms with Gasteiger partial charge < -0.3 is 24.0 Å². The summed E-state index contributed by atoms with van der Waals surface area (Å²) in [6.45, 7) is 1.85. The van der Waals surface area contributed by atoms with Gasteiger partial charge >= 0.3 is 0 Å². The van der Waals surface area contributed by atoms with Crippen molar-refractivity contribution >= 4 is 35.0 Å². The number of nitrogens with one attached hydrogen (secondary N) is 2. The first-order chi connectivity index (χ1) is 17.6. The van der Waals surface area contributed by atoms with E-state index in [0.29, 0.717) is 40.6 Å². The van der Waals surface area contributed by atoms with Gasteiger partial charge in [-0.15, -0.1) is 0 Å². The van der Waals surface area contributed by atoms with Gasteiger partial charge in [-0.05, 0) is 54.9 Å². The van der Waals surface area contributed by atoms with Gasteiger partial charge in [-0.3, -0.25) is 9.48 Å². The summed E-state index contributed by atoms with van der Waals surface area (Å²) in [4.78, 5) is 10.0. The number of ether oxygens (including phenoxy) is 2. The zero-order valence-electron chi connectivity index (χ0n) is 20.2. The Labute approximate surface area is 212 Å². The van der Waals surface area contributed by atoms with E-state index in [9.17, 15) is 9.18 Å². The molecule has 0 saturated carbocycles. The Balaban J connectivity index is 0.000000454. The Morgan fingerprint density at radius 2 is 2.06 bits per heavy atom. The molecule has 4 aromatic rings. The number of carbonyl (C=O) groups excluding carboxylic acids is 1. The van der Waals surface area contributed by atoms with E-state index in [2.05, 4.69) is 25.0 Å². The third-order valence-electron chi connectivity index (χ3n) is 4.80. The molecule has 0 atom stereocenters. The van der Waals surface area contributed by atoms with Crippen molar-refractivity contribution in [3.05, 3.63) is 77.9 Å². The summed E-state index contributed by atoms with van der Waals surface area (Å²) in [6, 6.07) is 10.4. The average molecular weight is 514 g/mol. The van der Waals surface area contributed by atoms with Crippen molar-refractivity contribution in [3.8, 4) is 5.75 Å². The highest BCUT2D eigenvalue weighted by atomic mass is 32.2. The number of fused-ring (bicyclic) bond motifs is 1. The fourth-order valence-corrected chi connectivity index (χ4v) is 3.88. The van der Waals surface area contributed by atoms with Gasteiger partial charge in [0.25, 0.3) is 0 Å². The van der Waals surface area contributed by atoms with Crippen LogP contribution in [-0.2, 0) is 22.6 Å². The molecule has 0 fully saturated rings. The van der Waals surface area contributed by atoms with Gasteiger partial charge in [0.05, 0.1) is 31.4 Å². The average Bonchev–Trinajstić information content (AvgIpc) is 3.51. The first-order valence-electron chi connectivity index (χ1n) is 11.0. The molecule has 0 amide bonds. The fourth-order valence-electron chi connectivity index (χ4n) is 3.23. The van der Waals surface area contributed by atoms with E-state index in [-0.39, 0.29) is 5.82 Å². The van der Waals surface area contributed by atoms with Gasteiger partial charge in [-0.1, -0.05) is 23.4 Å². The second-order valence-corrected chi connectivity index (χ2v) is 8.28. The largest absolute Gasteiger partial charge is 0.496 e. The van der Waals surface area contributed by atoms with Crippen LogP contribution in [0.15, 0.2) is 70.4 Å². The Bertz CT molecular complexity index is 1290. The second kappa shape index (κ2) is 14.0. The maximum Gasteiger partial charge on any atom is 0.191 e. The topological polar surface area (TPSA) is 103 Å². The molecule has 0 aliphatic heterocycles. The van der Waals surface area contributed by atoms with Crippen LogP contribution < -0.4 is 14.8 Å². The van der Waals surface area contributed by atoms with E-state index < -0.39 is 0 Å². The van der Waals surface area contributed by atoms with Crippen LogP contribution in [0.1, 0.15) is 11.1 Å². The number of halogens is 1. The van der Waals surface area contributed by atoms with Crippen molar-refractivity contribution in [1.82, 2.24) is 20.3 Å². The number of aldehydes is 1. The minimum Gasteiger partial charge on any atom is -0.496 e. The number of allylic oxidation sites excluding steroid dienone is 1. The normalized spacial score (nSPS) is 10.9. The third-order valence-corrected chi connectivity index (χ3v) is 5.65. The molecule has 0 aliphatic rings. The number of methoxy groups -OCH3 is 2. The Morgan fingerprint density at radius 1 is 1.22 bits per heavy atom. The lowest BCUT2D eigenvalue weighted by Gasteiger charge is -2.08. The Kier molecular flexibility index (Phi) is 10.5. The number of nitrogens with zero attached hydrogens (tertiary/aromatic N) is 3. The van der Waals surface area contributed by atoms with E-state index in [1.165, 1.54) is 12.1 Å². The lowest BCUT2D eigenvalue weighted by atomic mass is 10.1. The standard InChI is InChI=1S/C20H20FN5O2S.C5H8O2/c1-22-9-14-10-23-26(12-14)11-13-7-16(27-2)19-17(8-13)28-24-20(19)25-29-18-6-4-3-5-15(18)21;1-7-5-3-2-4-6/h3-8,10,12,22H,9,11H2,1-2H3,(H,24,25);2-4H,5H2,1H3/b;3-2+. The fraction of sp³-hybridized carbons (Fsp3) is 0.240. The minimum absolute atomic E-state index is 0.302. The highest BCUT2D eigenvalue weighted by Crippen LogP contribution is 2.36. The lowest BCUT2D eigenvalue weighted by molar-refractivity contribution is -0.104. The summed E-state index contributed by atoms with van der Waals surface area (Å²) in [7, 11) is 5.07. The first kappa shape index (κ1) is 26.9. The van der Waals surface area contributed by atoms with E-state index >= 15 is 0 Å². The van der Waals surface area contributed by atoms with Gasteiger partial charge in [0.1, 0.15) is 23.2 Å². The molecule has 0 aliphatic carbocycles. The molecule has 2 N–H and O–H groups in total. The molecule has 9 nitrogen and oxygen atoms in total. The zero-order valence-corrected chi connectivity index (χ0v) is 21.0. The van der Waals surface area contributed by atoms with Crippen LogP contribution in [-0.4, -0.2) is 49.1 Å². The number of anilines is 1. The molecular formula is C25H28FN5O4S. The number of carbonyl (C=O) groups is 1. The predicted molar refractivity (Wildman–Crippen MR) is 138 cm³/mol. The highest BCUT2D eigenvalue weighted by Gasteiger charge is 2.16. The monoisotopic (exact) mass is 513 g/mol. The van der Waals surface area contributed by atoms with Crippen LogP contribution in [0.25, 0.3) is 11.0 Å². The van der Waals surface area contributed by atoms with Crippen molar-refractivity contribution in [2.75, 3.05) is 32.6 Å². The molecule has 36 heavy (non-hydrogen) atoms. The quantitative estimate of drug-likeness (QED) is 0.171. The van der Waals surface area contributed by atoms with Crippen LogP contribution >= 0.6 is 11.9 Å². The van der Waals surface area contributed by atoms with Crippen LogP contribution in [0.5, 0.6) is 5.75 Å². The van der Waals surface area contributed by atoms with E-state index in [1.54, 1.807) is 38.5 Å². The van der Waals surface area contributed by atoms with Crippen LogP contribution in [0.2, 0.25) is 0 Å². The SMILES string of the molecule is CNCc1cnn(Cc2cc(OC)c3c(NSc4ccccc4F)noc3c2)c1.COC/C=C/C=O. The van der Waals surface area contributed by atoms with Crippen molar-refractivity contribution in [3.63, 3.8) is 0 Å². The Morgan fingerprint density at radius 3 is 2.78 bits per heavy atom. The van der Waals surface area contributed by atoms with Crippen LogP contribution in [0.3, 0.4) is 0 Å². The molecule has 11 heteroatoms. The minimum atomic E-state index is -0.302. The van der Waals surface area contributed by atoms with E-state index in [4.69, 9.17) is 9.26 Å². The summed E-state index contributed by atoms with van der Waals surface area (Å²) in [5, 5.41) is 12.3. The van der Waals surface area contributed by atoms with Gasteiger partial charge in [0.15, 0.2) is 11.4 Å². The number of hydrogen-bond donors (Lipinski definition) is 2. The second-order valence-electron chi connectivity index (χ2n) is 7.43. The number of aromatic nitrogens is 3. The molecule has 0 spiro atoms. The Hall–Kier alpha value is -3.67. The first-order valence-corrected chi connectivity index (χ1v) is 11.8. The molecule has 2 aromatic heterocycles. The maximum absolute atomic E-state index is 13.8. The van der Waals surface area contributed by atoms with Crippen LogP contribution in [0, 0.1) is 5.82 Å². The van der Waals surface area contributed by atoms with E-state index in [1.807, 2.05) is 36.3 Å². The molecule has 4 rings (SSSR count). The van der Waals surface area contributed by atoms with Gasteiger partial charge in [0, 0.05) is 25.4 Å². The predicted octanol–water partition coefficient (Wildman–Crippen LogP) is 4.45. The smallest absolute Gasteiger partial charge is 0.191 e. The van der Waals surface area contributed by atoms with Crippen molar-refractivity contribution < 1.29 is 23.2 Å². The van der Waals surface area contributed by atoms with Gasteiger partial charge in [0.2, 0.25) is 0 Å². The number of hydrogen-bond acceptors (Lipinski definition) is 9. The molecule has 0 bridgehead atoms. The summed E-state index contributed by atoms with van der Waals surface area (Å²) >= 11 is 1.13. The van der Waals surface area contributed by atoms with E-state index in [0.717, 1.165) is 35.9 Å². The molecule has 0 saturated heterocycles. The number of benzene rings is 2. The molecule has 0 unspecified atom stereocenters. The molecule has 190 valence electrons. The summed E-state index contributed by atoms with van der Waals surface area (Å²) in [5.41, 5.74) is 2.66. The summed E-state index contributed by atoms with van der Waals surface area (Å²) in [6.07, 6.45) is 7.60. The van der Waals surface area contributed by atoms with Crippen molar-refractivity contribution in [1.29, 1.82) is 0 Å². The summed E-state index contributed by atoms with van der Waals surface area (Å²) < 4.78 is 34.4. The zero-order chi connectivity index (χ0) is 25.8. The number of rotatable bonds is 11. The molecule has 2 heterocycles.